The molecule has 0 atom stereocenters. The number of aromatic nitrogens is 5. The number of aliphatic hydroxyl groups is 1. The van der Waals surface area contributed by atoms with Gasteiger partial charge in [0.15, 0.2) is 0 Å². The van der Waals surface area contributed by atoms with E-state index in [1.165, 1.54) is 21.4 Å². The summed E-state index contributed by atoms with van der Waals surface area (Å²) < 4.78 is 17.0. The van der Waals surface area contributed by atoms with E-state index in [9.17, 15) is 19.1 Å². The number of amides is 2. The second-order valence-electron chi connectivity index (χ2n) is 12.1. The molecule has 0 fully saturated rings. The molecule has 5 aromatic rings. The Hall–Kier alpha value is -5.10. The predicted octanol–water partition coefficient (Wildman–Crippen LogP) is 5.49. The number of aliphatic hydroxyl groups excluding tert-OH is 1. The van der Waals surface area contributed by atoms with Crippen molar-refractivity contribution >= 4 is 34.5 Å². The molecule has 12 heteroatoms. The van der Waals surface area contributed by atoms with Crippen LogP contribution in [0.1, 0.15) is 40.3 Å². The molecule has 0 unspecified atom stereocenters. The molecule has 0 saturated heterocycles. The number of hydrogen-bond acceptors (Lipinski definition) is 7. The number of urea groups is 1. The second-order valence-corrected chi connectivity index (χ2v) is 12.1. The van der Waals surface area contributed by atoms with E-state index in [0.717, 1.165) is 0 Å². The lowest BCUT2D eigenvalue weighted by atomic mass is 9.92. The number of benzene rings is 2. The molecule has 2 aromatic carbocycles. The molecule has 0 spiro atoms. The normalized spacial score (nSPS) is 11.9. The summed E-state index contributed by atoms with van der Waals surface area (Å²) in [6.07, 6.45) is 1.62. The SMILES string of the molecule is CNc1ncc2cc(-c3cccc(NC(=O)Nc4cc(C(C)(C)C)nn4-c4cccc(F)c4)c3)c(=O)n(C(C)(C)CO)c2n1. The van der Waals surface area contributed by atoms with Crippen LogP contribution in [0.2, 0.25) is 0 Å². The number of carbonyl (C=O) groups excluding carboxylic acids is 1. The summed E-state index contributed by atoms with van der Waals surface area (Å²) in [5, 5.41) is 23.9. The molecular weight excluding hydrogens is 563 g/mol. The van der Waals surface area contributed by atoms with Crippen LogP contribution in [-0.2, 0) is 11.0 Å². The maximum Gasteiger partial charge on any atom is 0.324 e. The summed E-state index contributed by atoms with van der Waals surface area (Å²) in [7, 11) is 1.68. The summed E-state index contributed by atoms with van der Waals surface area (Å²) in [5.41, 5.74) is 1.25. The molecular formula is C32H35FN8O3. The molecule has 3 aromatic heterocycles. The molecule has 0 aliphatic carbocycles. The monoisotopic (exact) mass is 598 g/mol. The quantitative estimate of drug-likeness (QED) is 0.194. The second kappa shape index (κ2) is 11.5. The Labute approximate surface area is 253 Å². The van der Waals surface area contributed by atoms with Crippen molar-refractivity contribution in [2.45, 2.75) is 45.6 Å². The maximum atomic E-state index is 14.0. The van der Waals surface area contributed by atoms with Crippen LogP contribution >= 0.6 is 0 Å². The van der Waals surface area contributed by atoms with E-state index in [2.05, 4.69) is 31.0 Å². The van der Waals surface area contributed by atoms with Crippen LogP contribution in [0.15, 0.2) is 71.7 Å². The molecule has 2 amide bonds. The number of fused-ring (bicyclic) bond motifs is 1. The number of carbonyl (C=O) groups is 1. The van der Waals surface area contributed by atoms with Gasteiger partial charge in [0.1, 0.15) is 17.3 Å². The first-order chi connectivity index (χ1) is 20.8. The summed E-state index contributed by atoms with van der Waals surface area (Å²) in [4.78, 5) is 35.9. The smallest absolute Gasteiger partial charge is 0.324 e. The van der Waals surface area contributed by atoms with Crippen LogP contribution in [0.3, 0.4) is 0 Å². The van der Waals surface area contributed by atoms with E-state index in [1.807, 2.05) is 20.8 Å². The van der Waals surface area contributed by atoms with Gasteiger partial charge in [0.25, 0.3) is 5.56 Å². The standard InChI is InChI=1S/C32H35FN8O3/c1-31(2,3)25-16-26(41(39-25)23-12-8-10-21(33)15-23)37-30(44)36-22-11-7-9-19(13-22)24-14-20-17-35-29(34-6)38-27(20)40(28(24)43)32(4,5)18-42/h7-17,42H,18H2,1-6H3,(H,34,35,38)(H2,36,37,44). The predicted molar refractivity (Wildman–Crippen MR) is 170 cm³/mol. The number of nitrogens with zero attached hydrogens (tertiary/aromatic N) is 5. The third-order valence-electron chi connectivity index (χ3n) is 7.16. The Bertz CT molecular complexity index is 1920. The van der Waals surface area contributed by atoms with Crippen molar-refractivity contribution in [3.63, 3.8) is 0 Å². The van der Waals surface area contributed by atoms with E-state index in [4.69, 9.17) is 0 Å². The van der Waals surface area contributed by atoms with Gasteiger partial charge >= 0.3 is 6.03 Å². The van der Waals surface area contributed by atoms with E-state index in [0.29, 0.717) is 51.0 Å². The lowest BCUT2D eigenvalue weighted by molar-refractivity contribution is 0.164. The molecule has 0 radical (unpaired) electrons. The Kier molecular flexibility index (Phi) is 7.96. The zero-order chi connectivity index (χ0) is 31.8. The van der Waals surface area contributed by atoms with Crippen molar-refractivity contribution in [3.05, 3.63) is 88.7 Å². The van der Waals surface area contributed by atoms with Crippen molar-refractivity contribution in [3.8, 4) is 16.8 Å². The van der Waals surface area contributed by atoms with Gasteiger partial charge in [-0.1, -0.05) is 39.0 Å². The Balaban J connectivity index is 1.49. The molecule has 5 rings (SSSR count). The molecule has 3 heterocycles. The van der Waals surface area contributed by atoms with Gasteiger partial charge in [-0.3, -0.25) is 14.7 Å². The third-order valence-corrected chi connectivity index (χ3v) is 7.16. The average Bonchev–Trinajstić information content (AvgIpc) is 3.40. The van der Waals surface area contributed by atoms with Crippen LogP contribution in [0.4, 0.5) is 26.6 Å². The highest BCUT2D eigenvalue weighted by atomic mass is 19.1. The highest BCUT2D eigenvalue weighted by Gasteiger charge is 2.26. The van der Waals surface area contributed by atoms with E-state index < -0.39 is 17.4 Å². The largest absolute Gasteiger partial charge is 0.394 e. The molecule has 44 heavy (non-hydrogen) atoms. The molecule has 0 aliphatic heterocycles. The molecule has 228 valence electrons. The van der Waals surface area contributed by atoms with E-state index >= 15 is 0 Å². The number of halogens is 1. The number of rotatable bonds is 7. The van der Waals surface area contributed by atoms with Gasteiger partial charge in [0, 0.05) is 41.4 Å². The fourth-order valence-corrected chi connectivity index (χ4v) is 4.74. The molecule has 0 bridgehead atoms. The van der Waals surface area contributed by atoms with Gasteiger partial charge in [0.05, 0.1) is 23.5 Å². The molecule has 0 aliphatic rings. The molecule has 11 nitrogen and oxygen atoms in total. The lowest BCUT2D eigenvalue weighted by Gasteiger charge is -2.27. The first-order valence-electron chi connectivity index (χ1n) is 14.1. The van der Waals surface area contributed by atoms with Gasteiger partial charge in [0.2, 0.25) is 5.95 Å². The molecule has 4 N–H and O–H groups in total. The minimum Gasteiger partial charge on any atom is -0.394 e. The van der Waals surface area contributed by atoms with Crippen molar-refractivity contribution in [2.75, 3.05) is 29.6 Å². The molecule has 0 saturated carbocycles. The highest BCUT2D eigenvalue weighted by molar-refractivity contribution is 6.00. The zero-order valence-corrected chi connectivity index (χ0v) is 25.4. The van der Waals surface area contributed by atoms with Crippen LogP contribution < -0.4 is 21.5 Å². The summed E-state index contributed by atoms with van der Waals surface area (Å²) in [6.45, 7) is 9.19. The Morgan fingerprint density at radius 1 is 1.00 bits per heavy atom. The Morgan fingerprint density at radius 3 is 2.43 bits per heavy atom. The van der Waals surface area contributed by atoms with Gasteiger partial charge in [-0.15, -0.1) is 0 Å². The number of hydrogen-bond donors (Lipinski definition) is 4. The van der Waals surface area contributed by atoms with Crippen molar-refractivity contribution in [1.82, 2.24) is 24.3 Å². The van der Waals surface area contributed by atoms with Gasteiger partial charge < -0.3 is 15.7 Å². The summed E-state index contributed by atoms with van der Waals surface area (Å²) in [6, 6.07) is 15.7. The Morgan fingerprint density at radius 2 is 1.75 bits per heavy atom. The zero-order valence-electron chi connectivity index (χ0n) is 25.4. The number of nitrogens with one attached hydrogen (secondary N) is 3. The first kappa shape index (κ1) is 30.4. The van der Waals surface area contributed by atoms with Crippen LogP contribution in [0, 0.1) is 5.82 Å². The lowest BCUT2D eigenvalue weighted by Crippen LogP contribution is -2.40. The number of pyridine rings is 1. The first-order valence-corrected chi connectivity index (χ1v) is 14.1. The minimum absolute atomic E-state index is 0.296. The maximum absolute atomic E-state index is 14.0. The van der Waals surface area contributed by atoms with Crippen molar-refractivity contribution in [1.29, 1.82) is 0 Å². The van der Waals surface area contributed by atoms with E-state index in [-0.39, 0.29) is 17.6 Å². The highest BCUT2D eigenvalue weighted by Crippen LogP contribution is 2.28. The summed E-state index contributed by atoms with van der Waals surface area (Å²) in [5.74, 6) is 0.281. The fourth-order valence-electron chi connectivity index (χ4n) is 4.74. The topological polar surface area (TPSA) is 139 Å². The van der Waals surface area contributed by atoms with Gasteiger partial charge in [-0.2, -0.15) is 10.1 Å². The third kappa shape index (κ3) is 6.02. The van der Waals surface area contributed by atoms with Crippen molar-refractivity contribution in [2.24, 2.45) is 0 Å². The van der Waals surface area contributed by atoms with Crippen LogP contribution in [0.25, 0.3) is 27.8 Å². The summed E-state index contributed by atoms with van der Waals surface area (Å²) >= 11 is 0. The minimum atomic E-state index is -0.961. The van der Waals surface area contributed by atoms with Gasteiger partial charge in [-0.05, 0) is 55.8 Å². The fraction of sp³-hybridized carbons (Fsp3) is 0.281. The van der Waals surface area contributed by atoms with Crippen molar-refractivity contribution < 1.29 is 14.3 Å². The number of anilines is 3. The van der Waals surface area contributed by atoms with E-state index in [1.54, 1.807) is 75.6 Å². The van der Waals surface area contributed by atoms with Crippen LogP contribution in [-0.4, -0.2) is 49.1 Å². The van der Waals surface area contributed by atoms with Crippen LogP contribution in [0.5, 0.6) is 0 Å². The van der Waals surface area contributed by atoms with Gasteiger partial charge in [-0.25, -0.2) is 18.9 Å². The average molecular weight is 599 g/mol.